The van der Waals surface area contributed by atoms with Crippen LogP contribution in [-0.2, 0) is 14.8 Å². The molecule has 1 rings (SSSR count). The molecule has 124 valence electrons. The number of rotatable bonds is 6. The predicted molar refractivity (Wildman–Crippen MR) is 74.6 cm³/mol. The average molecular weight is 339 g/mol. The van der Waals surface area contributed by atoms with Crippen LogP contribution in [0, 0.1) is 0 Å². The molecular formula is C12H16F3N3O3S. The number of carbonyl (C=O) groups excluding carboxylic acids is 1. The van der Waals surface area contributed by atoms with Crippen molar-refractivity contribution in [2.24, 2.45) is 5.14 Å². The number of carbonyl (C=O) groups is 1. The van der Waals surface area contributed by atoms with Crippen LogP contribution in [0.4, 0.5) is 18.9 Å². The zero-order valence-electron chi connectivity index (χ0n) is 11.7. The summed E-state index contributed by atoms with van der Waals surface area (Å²) in [4.78, 5) is 12.8. The normalized spacial score (nSPS) is 12.5. The molecule has 3 N–H and O–H groups in total. The maximum atomic E-state index is 12.0. The third kappa shape index (κ3) is 6.87. The number of hydrogen-bond donors (Lipinski definition) is 2. The second kappa shape index (κ2) is 7.07. The zero-order chi connectivity index (χ0) is 17.0. The maximum Gasteiger partial charge on any atom is 0.390 e. The van der Waals surface area contributed by atoms with Crippen LogP contribution in [0.5, 0.6) is 0 Å². The van der Waals surface area contributed by atoms with Crippen LogP contribution >= 0.6 is 0 Å². The first-order chi connectivity index (χ1) is 9.97. The number of alkyl halides is 3. The van der Waals surface area contributed by atoms with Gasteiger partial charge in [0.05, 0.1) is 17.9 Å². The van der Waals surface area contributed by atoms with Crippen molar-refractivity contribution in [3.05, 3.63) is 24.3 Å². The SMILES string of the molecule is CN(CCC(F)(F)F)CC(=O)Nc1ccc(S(N)(=O)=O)cc1. The number of likely N-dealkylation sites (N-methyl/N-ethyl adjacent to an activating group) is 1. The van der Waals surface area contributed by atoms with Crippen LogP contribution in [0.15, 0.2) is 29.2 Å². The molecule has 0 bridgehead atoms. The molecule has 1 aromatic rings. The number of sulfonamides is 1. The smallest absolute Gasteiger partial charge is 0.325 e. The summed E-state index contributed by atoms with van der Waals surface area (Å²) in [5.74, 6) is -0.506. The number of nitrogens with zero attached hydrogens (tertiary/aromatic N) is 1. The van der Waals surface area contributed by atoms with Crippen LogP contribution in [0.3, 0.4) is 0 Å². The molecule has 6 nitrogen and oxygen atoms in total. The Labute approximate surface area is 126 Å². The van der Waals surface area contributed by atoms with Gasteiger partial charge in [-0.05, 0) is 31.3 Å². The quantitative estimate of drug-likeness (QED) is 0.813. The van der Waals surface area contributed by atoms with E-state index in [1.165, 1.54) is 36.2 Å². The number of nitrogens with two attached hydrogens (primary N) is 1. The fraction of sp³-hybridized carbons (Fsp3) is 0.417. The second-order valence-corrected chi connectivity index (χ2v) is 6.28. The van der Waals surface area contributed by atoms with Crippen LogP contribution < -0.4 is 10.5 Å². The summed E-state index contributed by atoms with van der Waals surface area (Å²) in [5, 5.41) is 7.38. The van der Waals surface area contributed by atoms with E-state index in [-0.39, 0.29) is 18.0 Å². The maximum absolute atomic E-state index is 12.0. The van der Waals surface area contributed by atoms with Crippen molar-refractivity contribution >= 4 is 21.6 Å². The van der Waals surface area contributed by atoms with Crippen molar-refractivity contribution in [3.8, 4) is 0 Å². The molecule has 1 aromatic carbocycles. The van der Waals surface area contributed by atoms with Gasteiger partial charge in [0.2, 0.25) is 15.9 Å². The fourth-order valence-electron chi connectivity index (χ4n) is 1.57. The minimum Gasteiger partial charge on any atom is -0.325 e. The number of nitrogens with one attached hydrogen (secondary N) is 1. The number of halogens is 3. The molecule has 1 amide bonds. The van der Waals surface area contributed by atoms with Crippen LogP contribution in [-0.4, -0.2) is 45.5 Å². The molecule has 0 atom stereocenters. The van der Waals surface area contributed by atoms with Crippen molar-refractivity contribution in [1.29, 1.82) is 0 Å². The van der Waals surface area contributed by atoms with E-state index in [4.69, 9.17) is 5.14 Å². The van der Waals surface area contributed by atoms with E-state index in [0.29, 0.717) is 5.69 Å². The molecule has 10 heteroatoms. The van der Waals surface area contributed by atoms with Gasteiger partial charge in [-0.25, -0.2) is 13.6 Å². The Morgan fingerprint density at radius 3 is 2.27 bits per heavy atom. The summed E-state index contributed by atoms with van der Waals surface area (Å²) in [5.41, 5.74) is 0.321. The van der Waals surface area contributed by atoms with Crippen molar-refractivity contribution in [3.63, 3.8) is 0 Å². The highest BCUT2D eigenvalue weighted by atomic mass is 32.2. The molecule has 0 fully saturated rings. The molecule has 0 aliphatic rings. The lowest BCUT2D eigenvalue weighted by Gasteiger charge is -2.17. The van der Waals surface area contributed by atoms with E-state index < -0.39 is 28.5 Å². The summed E-state index contributed by atoms with van der Waals surface area (Å²) >= 11 is 0. The molecule has 0 heterocycles. The molecule has 0 spiro atoms. The first-order valence-electron chi connectivity index (χ1n) is 6.15. The first-order valence-corrected chi connectivity index (χ1v) is 7.70. The van der Waals surface area contributed by atoms with Crippen molar-refractivity contribution < 1.29 is 26.4 Å². The Morgan fingerprint density at radius 2 is 1.82 bits per heavy atom. The molecule has 0 saturated heterocycles. The average Bonchev–Trinajstić information content (AvgIpc) is 2.35. The summed E-state index contributed by atoms with van der Waals surface area (Å²) in [7, 11) is -2.42. The molecule has 0 aromatic heterocycles. The van der Waals surface area contributed by atoms with E-state index in [9.17, 15) is 26.4 Å². The highest BCUT2D eigenvalue weighted by molar-refractivity contribution is 7.89. The van der Waals surface area contributed by atoms with Gasteiger partial charge < -0.3 is 5.32 Å². The number of anilines is 1. The Kier molecular flexibility index (Phi) is 5.92. The lowest BCUT2D eigenvalue weighted by molar-refractivity contribution is -0.138. The number of primary sulfonamides is 1. The van der Waals surface area contributed by atoms with Crippen molar-refractivity contribution in [2.75, 3.05) is 25.5 Å². The molecule has 0 radical (unpaired) electrons. The molecule has 0 aliphatic heterocycles. The monoisotopic (exact) mass is 339 g/mol. The molecule has 0 unspecified atom stereocenters. The first kappa shape index (κ1) is 18.4. The van der Waals surface area contributed by atoms with E-state index in [1.807, 2.05) is 0 Å². The number of benzene rings is 1. The van der Waals surface area contributed by atoms with Gasteiger partial charge >= 0.3 is 6.18 Å². The van der Waals surface area contributed by atoms with Crippen LogP contribution in [0.25, 0.3) is 0 Å². The Bertz CT molecular complexity index is 615. The van der Waals surface area contributed by atoms with Crippen molar-refractivity contribution in [2.45, 2.75) is 17.5 Å². The third-order valence-corrected chi connectivity index (χ3v) is 3.59. The van der Waals surface area contributed by atoms with Gasteiger partial charge in [0.15, 0.2) is 0 Å². The summed E-state index contributed by atoms with van der Waals surface area (Å²) in [6.07, 6.45) is -5.27. The predicted octanol–water partition coefficient (Wildman–Crippen LogP) is 1.16. The summed E-state index contributed by atoms with van der Waals surface area (Å²) in [6, 6.07) is 5.12. The van der Waals surface area contributed by atoms with Gasteiger partial charge in [-0.3, -0.25) is 9.69 Å². The minimum absolute atomic E-state index is 0.104. The Hall–Kier alpha value is -1.65. The van der Waals surface area contributed by atoms with Crippen LogP contribution in [0.1, 0.15) is 6.42 Å². The van der Waals surface area contributed by atoms with E-state index in [0.717, 1.165) is 0 Å². The summed E-state index contributed by atoms with van der Waals surface area (Å²) < 4.78 is 58.3. The highest BCUT2D eigenvalue weighted by Gasteiger charge is 2.27. The van der Waals surface area contributed by atoms with E-state index in [2.05, 4.69) is 5.32 Å². The van der Waals surface area contributed by atoms with Gasteiger partial charge in [-0.1, -0.05) is 0 Å². The Morgan fingerprint density at radius 1 is 1.27 bits per heavy atom. The lowest BCUT2D eigenvalue weighted by atomic mass is 10.3. The van der Waals surface area contributed by atoms with Crippen molar-refractivity contribution in [1.82, 2.24) is 4.90 Å². The lowest BCUT2D eigenvalue weighted by Crippen LogP contribution is -2.32. The van der Waals surface area contributed by atoms with E-state index in [1.54, 1.807) is 0 Å². The van der Waals surface area contributed by atoms with Gasteiger partial charge in [-0.2, -0.15) is 13.2 Å². The van der Waals surface area contributed by atoms with Gasteiger partial charge in [0.25, 0.3) is 0 Å². The zero-order valence-corrected chi connectivity index (χ0v) is 12.5. The van der Waals surface area contributed by atoms with Gasteiger partial charge in [-0.15, -0.1) is 0 Å². The number of hydrogen-bond acceptors (Lipinski definition) is 4. The highest BCUT2D eigenvalue weighted by Crippen LogP contribution is 2.19. The van der Waals surface area contributed by atoms with Crippen LogP contribution in [0.2, 0.25) is 0 Å². The topological polar surface area (TPSA) is 92.5 Å². The van der Waals surface area contributed by atoms with Gasteiger partial charge in [0.1, 0.15) is 0 Å². The van der Waals surface area contributed by atoms with E-state index >= 15 is 0 Å². The number of amides is 1. The fourth-order valence-corrected chi connectivity index (χ4v) is 2.09. The second-order valence-electron chi connectivity index (χ2n) is 4.72. The van der Waals surface area contributed by atoms with Gasteiger partial charge in [0, 0.05) is 12.2 Å². The molecule has 22 heavy (non-hydrogen) atoms. The molecule has 0 aliphatic carbocycles. The summed E-state index contributed by atoms with van der Waals surface area (Å²) in [6.45, 7) is -0.506. The molecular weight excluding hydrogens is 323 g/mol. The minimum atomic E-state index is -4.27. The largest absolute Gasteiger partial charge is 0.390 e. The standard InChI is InChI=1S/C12H16F3N3O3S/c1-18(7-6-12(13,14)15)8-11(19)17-9-2-4-10(5-3-9)22(16,20)21/h2-5H,6-8H2,1H3,(H,17,19)(H2,16,20,21). The Balaban J connectivity index is 2.51. The molecule has 0 saturated carbocycles. The third-order valence-electron chi connectivity index (χ3n) is 2.66.